The summed E-state index contributed by atoms with van der Waals surface area (Å²) >= 11 is 12.4. The number of nitrogens with zero attached hydrogens (tertiary/aromatic N) is 7. The van der Waals surface area contributed by atoms with Gasteiger partial charge < -0.3 is 88.2 Å². The highest BCUT2D eigenvalue weighted by Gasteiger charge is 2.35. The van der Waals surface area contributed by atoms with E-state index in [0.717, 1.165) is 5.56 Å². The number of aliphatic imine (C=N–C) groups is 4. The summed E-state index contributed by atoms with van der Waals surface area (Å²) in [5.74, 6) is -10.7. The average molecular weight is 1090 g/mol. The zero-order valence-corrected chi connectivity index (χ0v) is 41.8. The summed E-state index contributed by atoms with van der Waals surface area (Å²) in [6.07, 6.45) is -6.99. The van der Waals surface area contributed by atoms with Crippen molar-refractivity contribution in [1.29, 1.82) is 0 Å². The Kier molecular flexibility index (Phi) is 20.5. The van der Waals surface area contributed by atoms with Gasteiger partial charge in [0.1, 0.15) is 6.04 Å². The molecule has 4 aromatic carbocycles. The number of nitrogens with one attached hydrogen (secondary N) is 5. The van der Waals surface area contributed by atoms with Gasteiger partial charge in [0.15, 0.2) is 23.8 Å². The van der Waals surface area contributed by atoms with Crippen LogP contribution in [0.25, 0.3) is 28.6 Å². The Balaban J connectivity index is 1.48. The van der Waals surface area contributed by atoms with Gasteiger partial charge >= 0.3 is 0 Å². The van der Waals surface area contributed by atoms with Crippen LogP contribution in [0.15, 0.2) is 141 Å². The third kappa shape index (κ3) is 17.5. The quantitative estimate of drug-likeness (QED) is 0.0178. The monoisotopic (exact) mass is 1090 g/mol. The molecular weight excluding hydrogens is 1040 g/mol. The zero-order chi connectivity index (χ0) is 56.3. The van der Waals surface area contributed by atoms with Crippen molar-refractivity contribution >= 4 is 94.5 Å². The molecule has 6 amide bonds. The van der Waals surface area contributed by atoms with Crippen LogP contribution in [0, 0.1) is 0 Å². The highest BCUT2D eigenvalue weighted by molar-refractivity contribution is 6.31. The van der Waals surface area contributed by atoms with Gasteiger partial charge in [-0.2, -0.15) is 0 Å². The first kappa shape index (κ1) is 57.8. The molecular formula is C47H53Cl2N21O7. The van der Waals surface area contributed by atoms with Crippen LogP contribution in [0.1, 0.15) is 17.2 Å². The molecule has 0 aliphatic heterocycles. The number of amides is 6. The molecule has 0 bridgehead atoms. The number of hydrogen-bond donors (Lipinski definition) is 15. The van der Waals surface area contributed by atoms with Gasteiger partial charge in [0.05, 0.1) is 11.4 Å². The van der Waals surface area contributed by atoms with Crippen molar-refractivity contribution in [1.82, 2.24) is 36.6 Å². The first-order chi connectivity index (χ1) is 36.6. The number of aliphatic hydroxyl groups excluding tert-OH is 1. The molecule has 6 unspecified atom stereocenters. The van der Waals surface area contributed by atoms with Gasteiger partial charge in [-0.25, -0.2) is 29.9 Å². The van der Waals surface area contributed by atoms with E-state index in [4.69, 9.17) is 84.8 Å². The summed E-state index contributed by atoms with van der Waals surface area (Å²) in [5.41, 5.74) is 52.1. The molecule has 1 heterocycles. The summed E-state index contributed by atoms with van der Waals surface area (Å²) < 4.78 is 0. The van der Waals surface area contributed by atoms with Gasteiger partial charge in [-0.3, -0.25) is 28.8 Å². The van der Waals surface area contributed by atoms with Crippen molar-refractivity contribution in [2.24, 2.45) is 71.6 Å². The molecule has 0 radical (unpaired) electrons. The molecule has 402 valence electrons. The topological polar surface area (TPSA) is 495 Å². The first-order valence-electron chi connectivity index (χ1n) is 22.4. The zero-order valence-electron chi connectivity index (χ0n) is 40.3. The lowest BCUT2D eigenvalue weighted by Crippen LogP contribution is -2.58. The number of benzene rings is 4. The highest BCUT2D eigenvalue weighted by Crippen LogP contribution is 2.29. The number of guanidine groups is 4. The van der Waals surface area contributed by atoms with Gasteiger partial charge in [-0.15, -0.1) is 0 Å². The minimum atomic E-state index is -2.17. The number of carbonyl (C=O) groups is 6. The second-order valence-corrected chi connectivity index (χ2v) is 16.8. The van der Waals surface area contributed by atoms with Crippen LogP contribution in [0.5, 0.6) is 0 Å². The fourth-order valence-corrected chi connectivity index (χ4v) is 6.91. The number of aromatic nitrogens is 2. The van der Waals surface area contributed by atoms with Crippen molar-refractivity contribution < 1.29 is 33.9 Å². The fourth-order valence-electron chi connectivity index (χ4n) is 6.65. The number of primary amides is 1. The molecule has 0 spiro atoms. The maximum Gasteiger partial charge on any atom is 0.271 e. The third-order valence-corrected chi connectivity index (χ3v) is 10.6. The summed E-state index contributed by atoms with van der Waals surface area (Å²) in [4.78, 5) is 107. The Bertz CT molecular complexity index is 3000. The summed E-state index contributed by atoms with van der Waals surface area (Å²) in [6.45, 7) is -0.184. The van der Waals surface area contributed by atoms with E-state index in [1.165, 1.54) is 29.2 Å². The van der Waals surface area contributed by atoms with E-state index in [2.05, 4.69) is 41.2 Å². The molecule has 24 N–H and O–H groups in total. The summed E-state index contributed by atoms with van der Waals surface area (Å²) in [6, 6.07) is 30.3. The van der Waals surface area contributed by atoms with E-state index >= 15 is 0 Å². The molecule has 5 rings (SSSR count). The molecule has 6 atom stereocenters. The molecule has 77 heavy (non-hydrogen) atoms. The number of aliphatic hydroxyl groups is 1. The summed E-state index contributed by atoms with van der Waals surface area (Å²) in [7, 11) is 0. The molecule has 0 saturated carbocycles. The Labute approximate surface area is 448 Å². The van der Waals surface area contributed by atoms with Gasteiger partial charge in [0.2, 0.25) is 42.7 Å². The summed E-state index contributed by atoms with van der Waals surface area (Å²) in [5, 5.41) is 24.0. The second-order valence-electron chi connectivity index (χ2n) is 15.9. The Morgan fingerprint density at radius 3 is 1.32 bits per heavy atom. The molecule has 1 aromatic heterocycles. The van der Waals surface area contributed by atoms with Crippen LogP contribution in [-0.4, -0.2) is 112 Å². The van der Waals surface area contributed by atoms with E-state index < -0.39 is 96.2 Å². The molecule has 0 fully saturated rings. The van der Waals surface area contributed by atoms with Crippen LogP contribution >= 0.6 is 23.2 Å². The second kappa shape index (κ2) is 27.3. The standard InChI is InChI=1S/C47H53Cl2N21O7/c48-27-17-13-24(14-18-27)29-22-30(25-15-19-28(49)20-16-25)60-47(59-29)70(21-7-10-23-8-3-1-4-9-23)42(77)41(76)61-31(26-11-5-2-6-12-26)37(72)63-34(67-44(53)54)39(74)65-36(69-46(57)58)40(75)64-35(68-45(55)56)38(73)62-33(32(50)71)66-43(51)52/h1-20,22,31,33-36,42,77H,21H2,(H2,50,71)(H,61,76)(H,62,73)(H,63,72)(H,64,75)(H,65,74)(H4,51,52,66)(H4,53,54,67)(H4,55,56,68)(H4,57,58,69). The third-order valence-electron chi connectivity index (χ3n) is 10.1. The van der Waals surface area contributed by atoms with Crippen molar-refractivity contribution in [3.63, 3.8) is 0 Å². The molecule has 0 saturated heterocycles. The van der Waals surface area contributed by atoms with Crippen molar-refractivity contribution in [2.75, 3.05) is 11.4 Å². The Hall–Kier alpha value is -10.1. The lowest BCUT2D eigenvalue weighted by molar-refractivity contribution is -0.136. The van der Waals surface area contributed by atoms with Crippen molar-refractivity contribution in [3.05, 3.63) is 143 Å². The fraction of sp³-hybridized carbons (Fsp3) is 0.149. The van der Waals surface area contributed by atoms with E-state index in [9.17, 15) is 33.9 Å². The normalized spacial score (nSPS) is 13.1. The van der Waals surface area contributed by atoms with Crippen molar-refractivity contribution in [3.8, 4) is 22.5 Å². The van der Waals surface area contributed by atoms with Gasteiger partial charge in [-0.1, -0.05) is 120 Å². The maximum absolute atomic E-state index is 14.5. The Morgan fingerprint density at radius 2 is 0.909 bits per heavy atom. The van der Waals surface area contributed by atoms with Gasteiger partial charge in [-0.05, 0) is 41.5 Å². The van der Waals surface area contributed by atoms with E-state index in [0.29, 0.717) is 32.6 Å². The molecule has 30 heteroatoms. The number of hydrogen-bond acceptors (Lipinski definition) is 14. The molecule has 5 aromatic rings. The van der Waals surface area contributed by atoms with Crippen LogP contribution in [0.3, 0.4) is 0 Å². The molecule has 0 aliphatic rings. The predicted molar refractivity (Wildman–Crippen MR) is 289 cm³/mol. The van der Waals surface area contributed by atoms with Crippen LogP contribution < -0.4 is 83.1 Å². The number of halogens is 2. The molecule has 28 nitrogen and oxygen atoms in total. The smallest absolute Gasteiger partial charge is 0.271 e. The maximum atomic E-state index is 14.5. The van der Waals surface area contributed by atoms with Crippen LogP contribution in [0.4, 0.5) is 5.95 Å². The van der Waals surface area contributed by atoms with E-state index in [-0.39, 0.29) is 18.1 Å². The lowest BCUT2D eigenvalue weighted by Gasteiger charge is -2.29. The minimum absolute atomic E-state index is 0.121. The average Bonchev–Trinajstić information content (AvgIpc) is 3.38. The van der Waals surface area contributed by atoms with Gasteiger partial charge in [0.25, 0.3) is 29.5 Å². The number of rotatable bonds is 23. The number of anilines is 1. The largest absolute Gasteiger partial charge is 0.370 e. The van der Waals surface area contributed by atoms with Gasteiger partial charge in [0, 0.05) is 27.7 Å². The first-order valence-corrected chi connectivity index (χ1v) is 23.1. The van der Waals surface area contributed by atoms with E-state index in [1.807, 2.05) is 35.6 Å². The van der Waals surface area contributed by atoms with Crippen LogP contribution in [0.2, 0.25) is 10.0 Å². The van der Waals surface area contributed by atoms with Crippen molar-refractivity contribution in [2.45, 2.75) is 36.9 Å². The Morgan fingerprint density at radius 1 is 0.519 bits per heavy atom. The highest BCUT2D eigenvalue weighted by atomic mass is 35.5. The number of nitrogens with two attached hydrogens (primary N) is 9. The van der Waals surface area contributed by atoms with E-state index in [1.54, 1.807) is 72.8 Å². The predicted octanol–water partition coefficient (Wildman–Crippen LogP) is -2.84. The van der Waals surface area contributed by atoms with Crippen LogP contribution in [-0.2, 0) is 28.8 Å². The SMILES string of the molecule is NC(=O)C(N=C(N)N)NC(=O)C(N=C(N)N)NC(=O)C(N=C(N)N)NC(=O)C(N=C(N)N)NC(=O)C(NC(=O)C(O)N(CC=Cc1ccccc1)c1nc(-c2ccc(Cl)cc2)cc(-c2ccc(Cl)cc2)n1)c1ccccc1. The number of carbonyl (C=O) groups excluding carboxylic acids is 6. The minimum Gasteiger partial charge on any atom is -0.370 e. The molecule has 0 aliphatic carbocycles. The lowest BCUT2D eigenvalue weighted by atomic mass is 10.1.